The molecule has 16 heavy (non-hydrogen) atoms. The minimum atomic E-state index is -1.24. The third-order valence-corrected chi connectivity index (χ3v) is 2.42. The van der Waals surface area contributed by atoms with Crippen LogP contribution in [0.4, 0.5) is 0 Å². The molecule has 1 aromatic rings. The first-order valence-corrected chi connectivity index (χ1v) is 5.02. The molecule has 5 heteroatoms. The quantitative estimate of drug-likeness (QED) is 0.766. The number of carbonyl (C=O) groups is 1. The molecule has 2 heterocycles. The molecule has 1 N–H and O–H groups in total. The van der Waals surface area contributed by atoms with Gasteiger partial charge in [0.05, 0.1) is 5.56 Å². The van der Waals surface area contributed by atoms with Crippen molar-refractivity contribution in [1.29, 1.82) is 0 Å². The number of hydrogen-bond acceptors (Lipinski definition) is 4. The van der Waals surface area contributed by atoms with E-state index in [1.54, 1.807) is 32.2 Å². The molecule has 0 unspecified atom stereocenters. The Bertz CT molecular complexity index is 440. The summed E-state index contributed by atoms with van der Waals surface area (Å²) < 4.78 is 0. The molecule has 1 aliphatic rings. The fourth-order valence-electron chi connectivity index (χ4n) is 1.75. The maximum atomic E-state index is 12.0. The molecule has 2 rings (SSSR count). The van der Waals surface area contributed by atoms with Crippen LogP contribution in [0.25, 0.3) is 0 Å². The molecule has 0 spiro atoms. The Morgan fingerprint density at radius 2 is 2.38 bits per heavy atom. The highest BCUT2D eigenvalue weighted by Crippen LogP contribution is 2.26. The van der Waals surface area contributed by atoms with Crippen molar-refractivity contribution in [1.82, 2.24) is 9.99 Å². The number of hydrogen-bond donors (Lipinski definition) is 1. The van der Waals surface area contributed by atoms with Gasteiger partial charge >= 0.3 is 0 Å². The van der Waals surface area contributed by atoms with Crippen molar-refractivity contribution in [3.8, 4) is 0 Å². The molecule has 84 valence electrons. The van der Waals surface area contributed by atoms with E-state index in [-0.39, 0.29) is 5.91 Å². The lowest BCUT2D eigenvalue weighted by Gasteiger charge is -2.26. The molecular weight excluding hydrogens is 206 g/mol. The number of pyridine rings is 1. The van der Waals surface area contributed by atoms with Crippen LogP contribution in [0.2, 0.25) is 0 Å². The molecule has 0 bridgehead atoms. The van der Waals surface area contributed by atoms with Crippen LogP contribution in [-0.4, -0.2) is 32.4 Å². The van der Waals surface area contributed by atoms with Crippen molar-refractivity contribution < 1.29 is 9.90 Å². The first-order chi connectivity index (χ1) is 7.50. The van der Waals surface area contributed by atoms with E-state index in [0.717, 1.165) is 10.7 Å². The number of carbonyl (C=O) groups excluding carboxylic acids is 1. The summed E-state index contributed by atoms with van der Waals surface area (Å²) in [4.78, 5) is 15.9. The van der Waals surface area contributed by atoms with E-state index in [0.29, 0.717) is 12.0 Å². The molecule has 5 nitrogen and oxygen atoms in total. The van der Waals surface area contributed by atoms with E-state index in [2.05, 4.69) is 10.1 Å². The number of aromatic nitrogens is 1. The van der Waals surface area contributed by atoms with Crippen LogP contribution in [0.15, 0.2) is 29.6 Å². The van der Waals surface area contributed by atoms with Crippen molar-refractivity contribution in [3.05, 3.63) is 30.1 Å². The van der Waals surface area contributed by atoms with Gasteiger partial charge in [-0.1, -0.05) is 0 Å². The summed E-state index contributed by atoms with van der Waals surface area (Å²) in [6, 6.07) is 3.32. The molecule has 0 aromatic carbocycles. The second-order valence-corrected chi connectivity index (χ2v) is 4.09. The number of nitrogens with zero attached hydrogens (tertiary/aromatic N) is 3. The van der Waals surface area contributed by atoms with Crippen LogP contribution in [0.1, 0.15) is 30.6 Å². The largest absolute Gasteiger partial charge is 0.369 e. The zero-order valence-corrected chi connectivity index (χ0v) is 9.21. The zero-order chi connectivity index (χ0) is 11.8. The second-order valence-electron chi connectivity index (χ2n) is 4.09. The Balaban J connectivity index is 2.30. The summed E-state index contributed by atoms with van der Waals surface area (Å²) in [6.07, 6.45) is 3.42. The fourth-order valence-corrected chi connectivity index (χ4v) is 1.75. The van der Waals surface area contributed by atoms with E-state index in [1.807, 2.05) is 0 Å². The van der Waals surface area contributed by atoms with Crippen LogP contribution >= 0.6 is 0 Å². The van der Waals surface area contributed by atoms with E-state index >= 15 is 0 Å². The van der Waals surface area contributed by atoms with Crippen molar-refractivity contribution >= 4 is 11.6 Å². The first kappa shape index (κ1) is 10.8. The Labute approximate surface area is 93.4 Å². The van der Waals surface area contributed by atoms with Crippen LogP contribution in [0, 0.1) is 0 Å². The number of hydrazone groups is 1. The highest BCUT2D eigenvalue weighted by atomic mass is 16.3. The SMILES string of the molecule is CC1=NN(C(=O)c2cccnc2)[C@@](C)(O)C1. The average molecular weight is 219 g/mol. The van der Waals surface area contributed by atoms with Crippen molar-refractivity contribution in [2.45, 2.75) is 26.0 Å². The van der Waals surface area contributed by atoms with Crippen LogP contribution in [0.5, 0.6) is 0 Å². The smallest absolute Gasteiger partial charge is 0.278 e. The van der Waals surface area contributed by atoms with E-state index in [4.69, 9.17) is 0 Å². The molecule has 1 aromatic heterocycles. The standard InChI is InChI=1S/C11H13N3O2/c1-8-6-11(2,16)14(13-8)10(15)9-4-3-5-12-7-9/h3-5,7,16H,6H2,1-2H3/t11-/m0/s1. The van der Waals surface area contributed by atoms with Gasteiger partial charge in [-0.05, 0) is 26.0 Å². The van der Waals surface area contributed by atoms with E-state index < -0.39 is 5.72 Å². The number of aliphatic hydroxyl groups is 1. The number of rotatable bonds is 1. The maximum Gasteiger partial charge on any atom is 0.278 e. The highest BCUT2D eigenvalue weighted by molar-refractivity contribution is 5.97. The fraction of sp³-hybridized carbons (Fsp3) is 0.364. The lowest BCUT2D eigenvalue weighted by molar-refractivity contribution is -0.0553. The summed E-state index contributed by atoms with van der Waals surface area (Å²) in [5, 5.41) is 15.2. The topological polar surface area (TPSA) is 65.8 Å². The van der Waals surface area contributed by atoms with Crippen LogP contribution < -0.4 is 0 Å². The Morgan fingerprint density at radius 3 is 2.88 bits per heavy atom. The molecule has 0 aliphatic carbocycles. The van der Waals surface area contributed by atoms with Crippen molar-refractivity contribution in [2.75, 3.05) is 0 Å². The van der Waals surface area contributed by atoms with Crippen LogP contribution in [-0.2, 0) is 0 Å². The van der Waals surface area contributed by atoms with Gasteiger partial charge in [0, 0.05) is 24.5 Å². The van der Waals surface area contributed by atoms with Gasteiger partial charge < -0.3 is 5.11 Å². The predicted octanol–water partition coefficient (Wildman–Crippen LogP) is 1.01. The normalized spacial score (nSPS) is 24.4. The first-order valence-electron chi connectivity index (χ1n) is 5.02. The van der Waals surface area contributed by atoms with Gasteiger partial charge in [0.2, 0.25) is 0 Å². The summed E-state index contributed by atoms with van der Waals surface area (Å²) >= 11 is 0. The van der Waals surface area contributed by atoms with Gasteiger partial charge in [-0.2, -0.15) is 10.1 Å². The lowest BCUT2D eigenvalue weighted by atomic mass is 10.1. The van der Waals surface area contributed by atoms with E-state index in [9.17, 15) is 9.90 Å². The van der Waals surface area contributed by atoms with Gasteiger partial charge in [0.25, 0.3) is 5.91 Å². The van der Waals surface area contributed by atoms with Gasteiger partial charge in [0.1, 0.15) is 0 Å². The van der Waals surface area contributed by atoms with E-state index in [1.165, 1.54) is 6.20 Å². The molecule has 0 saturated carbocycles. The highest BCUT2D eigenvalue weighted by Gasteiger charge is 2.39. The summed E-state index contributed by atoms with van der Waals surface area (Å²) in [6.45, 7) is 3.35. The monoisotopic (exact) mass is 219 g/mol. The molecule has 0 saturated heterocycles. The molecule has 0 fully saturated rings. The second kappa shape index (κ2) is 3.68. The Hall–Kier alpha value is -1.75. The Morgan fingerprint density at radius 1 is 1.62 bits per heavy atom. The van der Waals surface area contributed by atoms with Gasteiger partial charge in [-0.25, -0.2) is 0 Å². The molecule has 0 radical (unpaired) electrons. The lowest BCUT2D eigenvalue weighted by Crippen LogP contribution is -2.43. The number of amides is 1. The van der Waals surface area contributed by atoms with Gasteiger partial charge in [-0.15, -0.1) is 0 Å². The van der Waals surface area contributed by atoms with Crippen molar-refractivity contribution in [2.24, 2.45) is 5.10 Å². The minimum Gasteiger partial charge on any atom is -0.369 e. The molecular formula is C11H13N3O2. The van der Waals surface area contributed by atoms with Gasteiger partial charge in [0.15, 0.2) is 5.72 Å². The average Bonchev–Trinajstić information content (AvgIpc) is 2.52. The zero-order valence-electron chi connectivity index (χ0n) is 9.21. The molecule has 1 amide bonds. The summed E-state index contributed by atoms with van der Waals surface area (Å²) in [5.41, 5.74) is -0.0831. The minimum absolute atomic E-state index is 0.338. The van der Waals surface area contributed by atoms with Gasteiger partial charge in [-0.3, -0.25) is 9.78 Å². The maximum absolute atomic E-state index is 12.0. The molecule has 1 atom stereocenters. The summed E-state index contributed by atoms with van der Waals surface area (Å²) in [7, 11) is 0. The Kier molecular flexibility index (Phi) is 2.47. The third-order valence-electron chi connectivity index (χ3n) is 2.42. The third kappa shape index (κ3) is 1.81. The predicted molar refractivity (Wildman–Crippen MR) is 58.8 cm³/mol. The molecule has 1 aliphatic heterocycles. The summed E-state index contributed by atoms with van der Waals surface area (Å²) in [5.74, 6) is -0.338. The van der Waals surface area contributed by atoms with Crippen LogP contribution in [0.3, 0.4) is 0 Å². The van der Waals surface area contributed by atoms with Crippen molar-refractivity contribution in [3.63, 3.8) is 0 Å².